The lowest BCUT2D eigenvalue weighted by Crippen LogP contribution is -1.93. The second kappa shape index (κ2) is 7.54. The summed E-state index contributed by atoms with van der Waals surface area (Å²) in [5, 5.41) is 3.06. The first kappa shape index (κ1) is 15.9. The molecule has 3 rings (SSSR count). The fourth-order valence-electron chi connectivity index (χ4n) is 2.02. The van der Waals surface area contributed by atoms with E-state index in [0.29, 0.717) is 0 Å². The molecule has 0 amide bonds. The minimum atomic E-state index is 0.778. The zero-order valence-electron chi connectivity index (χ0n) is 13.3. The van der Waals surface area contributed by atoms with Crippen molar-refractivity contribution in [3.8, 4) is 0 Å². The summed E-state index contributed by atoms with van der Waals surface area (Å²) in [6.45, 7) is 4.11. The van der Waals surface area contributed by atoms with E-state index in [1.165, 1.54) is 12.8 Å². The number of hydrogen-bond donors (Lipinski definition) is 1. The van der Waals surface area contributed by atoms with Crippen LogP contribution in [0.4, 0.5) is 5.69 Å². The molecule has 0 atom stereocenters. The summed E-state index contributed by atoms with van der Waals surface area (Å²) < 4.78 is 1.97. The predicted molar refractivity (Wildman–Crippen MR) is 89.0 cm³/mol. The van der Waals surface area contributed by atoms with Gasteiger partial charge in [0, 0.05) is 25.0 Å². The van der Waals surface area contributed by atoms with Crippen molar-refractivity contribution >= 4 is 17.8 Å². The molecule has 0 aromatic carbocycles. The Morgan fingerprint density at radius 1 is 1.32 bits per heavy atom. The summed E-state index contributed by atoms with van der Waals surface area (Å²) in [6.07, 6.45) is 13.9. The number of allylic oxidation sites excluding steroid dienone is 4. The zero-order valence-corrected chi connectivity index (χ0v) is 13.3. The third-order valence-corrected chi connectivity index (χ3v) is 3.53. The Morgan fingerprint density at radius 3 is 2.64 bits per heavy atom. The smallest absolute Gasteiger partial charge is 0.234 e. The molecular formula is C17H22N4O. The summed E-state index contributed by atoms with van der Waals surface area (Å²) in [7, 11) is 1.89. The van der Waals surface area contributed by atoms with Crippen molar-refractivity contribution in [2.75, 3.05) is 12.4 Å². The lowest BCUT2D eigenvalue weighted by Gasteiger charge is -2.03. The van der Waals surface area contributed by atoms with Crippen molar-refractivity contribution < 1.29 is 4.79 Å². The van der Waals surface area contributed by atoms with E-state index >= 15 is 0 Å². The number of aromatic nitrogens is 3. The Kier molecular flexibility index (Phi) is 5.47. The van der Waals surface area contributed by atoms with E-state index in [4.69, 9.17) is 0 Å². The molecule has 0 fully saturated rings. The molecule has 5 nitrogen and oxygen atoms in total. The topological polar surface area (TPSA) is 59.3 Å². The first-order valence-electron chi connectivity index (χ1n) is 7.53. The summed E-state index contributed by atoms with van der Waals surface area (Å²) in [6, 6.07) is 0. The molecule has 0 aliphatic heterocycles. The fourth-order valence-corrected chi connectivity index (χ4v) is 2.02. The lowest BCUT2D eigenvalue weighted by molar-refractivity contribution is -0.104. The molecule has 2 aromatic heterocycles. The van der Waals surface area contributed by atoms with Gasteiger partial charge in [-0.25, -0.2) is 9.97 Å². The molecule has 116 valence electrons. The van der Waals surface area contributed by atoms with E-state index in [-0.39, 0.29) is 0 Å². The number of unbranched alkanes of at least 4 members (excludes halogenated alkanes) is 1. The molecule has 5 heteroatoms. The maximum atomic E-state index is 9.89. The lowest BCUT2D eigenvalue weighted by atomic mass is 10.0. The van der Waals surface area contributed by atoms with E-state index in [1.54, 1.807) is 6.20 Å². The van der Waals surface area contributed by atoms with Gasteiger partial charge in [-0.2, -0.15) is 0 Å². The first-order chi connectivity index (χ1) is 10.7. The van der Waals surface area contributed by atoms with Crippen molar-refractivity contribution in [1.29, 1.82) is 0 Å². The Balaban J connectivity index is 0.000000211. The third kappa shape index (κ3) is 3.81. The second-order valence-electron chi connectivity index (χ2n) is 5.23. The molecule has 2 heterocycles. The molecule has 0 bridgehead atoms. The molecule has 1 N–H and O–H groups in total. The SMILES string of the molecule is CC1=C(C=O)C=C1.CCCCc1cn2cc(NC)cnc2n1. The normalized spacial score (nSPS) is 12.7. The molecule has 0 saturated heterocycles. The first-order valence-corrected chi connectivity index (χ1v) is 7.53. The van der Waals surface area contributed by atoms with Crippen LogP contribution >= 0.6 is 0 Å². The second-order valence-corrected chi connectivity index (χ2v) is 5.23. The van der Waals surface area contributed by atoms with Gasteiger partial charge >= 0.3 is 0 Å². The van der Waals surface area contributed by atoms with Gasteiger partial charge in [0.05, 0.1) is 17.6 Å². The Labute approximate surface area is 130 Å². The van der Waals surface area contributed by atoms with Crippen molar-refractivity contribution in [3.05, 3.63) is 47.6 Å². The number of carbonyl (C=O) groups is 1. The van der Waals surface area contributed by atoms with Crippen LogP contribution in [0.1, 0.15) is 32.4 Å². The highest BCUT2D eigenvalue weighted by Crippen LogP contribution is 2.14. The van der Waals surface area contributed by atoms with Crippen molar-refractivity contribution in [1.82, 2.24) is 14.4 Å². The van der Waals surface area contributed by atoms with Crippen LogP contribution in [0.3, 0.4) is 0 Å². The Bertz CT molecular complexity index is 709. The van der Waals surface area contributed by atoms with Crippen LogP contribution in [0.25, 0.3) is 5.78 Å². The molecule has 0 unspecified atom stereocenters. The van der Waals surface area contributed by atoms with E-state index in [9.17, 15) is 4.79 Å². The van der Waals surface area contributed by atoms with Crippen LogP contribution in [0.2, 0.25) is 0 Å². The number of hydrogen-bond acceptors (Lipinski definition) is 4. The minimum absolute atomic E-state index is 0.778. The molecule has 1 aliphatic carbocycles. The quantitative estimate of drug-likeness (QED) is 0.861. The van der Waals surface area contributed by atoms with Gasteiger partial charge in [-0.05, 0) is 25.3 Å². The van der Waals surface area contributed by atoms with Crippen molar-refractivity contribution in [3.63, 3.8) is 0 Å². The number of carbonyl (C=O) groups excluding carboxylic acids is 1. The highest BCUT2D eigenvalue weighted by atomic mass is 16.1. The van der Waals surface area contributed by atoms with Crippen LogP contribution in [0, 0.1) is 0 Å². The molecule has 0 radical (unpaired) electrons. The highest BCUT2D eigenvalue weighted by molar-refractivity contribution is 5.83. The molecular weight excluding hydrogens is 276 g/mol. The summed E-state index contributed by atoms with van der Waals surface area (Å²) in [4.78, 5) is 18.6. The molecule has 0 spiro atoms. The molecule has 22 heavy (non-hydrogen) atoms. The third-order valence-electron chi connectivity index (χ3n) is 3.53. The van der Waals surface area contributed by atoms with Crippen LogP contribution in [0.15, 0.2) is 41.9 Å². The van der Waals surface area contributed by atoms with Crippen LogP contribution in [-0.2, 0) is 11.2 Å². The van der Waals surface area contributed by atoms with Gasteiger partial charge in [0.2, 0.25) is 5.78 Å². The zero-order chi connectivity index (χ0) is 15.9. The van der Waals surface area contributed by atoms with Gasteiger partial charge in [-0.15, -0.1) is 0 Å². The van der Waals surface area contributed by atoms with E-state index in [1.807, 2.05) is 36.7 Å². The standard InChI is InChI=1S/C11H16N4.C6H6O/c1-3-4-5-9-7-15-8-10(12-2)6-13-11(15)14-9;1-5-2-3-6(5)4-7/h6-8,12H,3-5H2,1-2H3;2-4H,1H3. The van der Waals surface area contributed by atoms with E-state index < -0.39 is 0 Å². The summed E-state index contributed by atoms with van der Waals surface area (Å²) in [5.74, 6) is 0.778. The van der Waals surface area contributed by atoms with Gasteiger partial charge in [0.25, 0.3) is 0 Å². The predicted octanol–water partition coefficient (Wildman–Crippen LogP) is 3.19. The van der Waals surface area contributed by atoms with Gasteiger partial charge in [-0.1, -0.05) is 25.5 Å². The maximum Gasteiger partial charge on any atom is 0.234 e. The molecule has 0 saturated carbocycles. The highest BCUT2D eigenvalue weighted by Gasteiger charge is 2.02. The number of nitrogens with zero attached hydrogens (tertiary/aromatic N) is 3. The average molecular weight is 298 g/mol. The van der Waals surface area contributed by atoms with Gasteiger partial charge in [-0.3, -0.25) is 9.20 Å². The van der Waals surface area contributed by atoms with Crippen LogP contribution in [-0.4, -0.2) is 27.7 Å². The summed E-state index contributed by atoms with van der Waals surface area (Å²) in [5.41, 5.74) is 4.05. The van der Waals surface area contributed by atoms with Gasteiger partial charge in [0.15, 0.2) is 0 Å². The van der Waals surface area contributed by atoms with Crippen molar-refractivity contribution in [2.24, 2.45) is 0 Å². The largest absolute Gasteiger partial charge is 0.386 e. The fraction of sp³-hybridized carbons (Fsp3) is 0.353. The summed E-state index contributed by atoms with van der Waals surface area (Å²) >= 11 is 0. The number of anilines is 1. The van der Waals surface area contributed by atoms with E-state index in [0.717, 1.165) is 41.0 Å². The monoisotopic (exact) mass is 298 g/mol. The number of aryl methyl sites for hydroxylation is 1. The number of fused-ring (bicyclic) bond motifs is 1. The number of nitrogens with one attached hydrogen (secondary N) is 1. The average Bonchev–Trinajstić information content (AvgIpc) is 2.94. The molecule has 2 aromatic rings. The van der Waals surface area contributed by atoms with Crippen LogP contribution in [0.5, 0.6) is 0 Å². The van der Waals surface area contributed by atoms with Gasteiger partial charge in [0.1, 0.15) is 6.29 Å². The minimum Gasteiger partial charge on any atom is -0.386 e. The van der Waals surface area contributed by atoms with Gasteiger partial charge < -0.3 is 5.32 Å². The number of aldehydes is 1. The Hall–Kier alpha value is -2.43. The number of imidazole rings is 1. The molecule has 1 aliphatic rings. The van der Waals surface area contributed by atoms with Crippen LogP contribution < -0.4 is 5.32 Å². The Morgan fingerprint density at radius 2 is 2.14 bits per heavy atom. The van der Waals surface area contributed by atoms with E-state index in [2.05, 4.69) is 28.4 Å². The number of rotatable bonds is 5. The maximum absolute atomic E-state index is 9.89. The van der Waals surface area contributed by atoms with Crippen molar-refractivity contribution in [2.45, 2.75) is 33.1 Å².